The van der Waals surface area contributed by atoms with Crippen molar-refractivity contribution in [2.45, 2.75) is 12.5 Å². The van der Waals surface area contributed by atoms with Gasteiger partial charge in [0, 0.05) is 18.7 Å². The molecule has 1 N–H and O–H groups in total. The molecular formula is C20H24ClNO4. The minimum atomic E-state index is -0.398. The number of esters is 1. The molecule has 0 bridgehead atoms. The van der Waals surface area contributed by atoms with Gasteiger partial charge in [0.2, 0.25) is 0 Å². The van der Waals surface area contributed by atoms with Gasteiger partial charge >= 0.3 is 5.97 Å². The minimum Gasteiger partial charge on any atom is -0.482 e. The van der Waals surface area contributed by atoms with Crippen LogP contribution in [0.4, 0.5) is 0 Å². The van der Waals surface area contributed by atoms with Gasteiger partial charge in [0.15, 0.2) is 6.61 Å². The highest BCUT2D eigenvalue weighted by Crippen LogP contribution is 2.19. The molecule has 140 valence electrons. The maximum Gasteiger partial charge on any atom is 0.343 e. The van der Waals surface area contributed by atoms with E-state index in [1.807, 2.05) is 48.5 Å². The van der Waals surface area contributed by atoms with Gasteiger partial charge in [0.1, 0.15) is 5.75 Å². The second-order valence-electron chi connectivity index (χ2n) is 5.74. The molecule has 0 amide bonds. The molecule has 0 radical (unpaired) electrons. The third-order valence-corrected chi connectivity index (χ3v) is 4.17. The number of carbonyl (C=O) groups is 1. The van der Waals surface area contributed by atoms with Crippen molar-refractivity contribution < 1.29 is 19.0 Å². The van der Waals surface area contributed by atoms with E-state index in [1.54, 1.807) is 7.11 Å². The smallest absolute Gasteiger partial charge is 0.343 e. The summed E-state index contributed by atoms with van der Waals surface area (Å²) < 4.78 is 15.4. The largest absolute Gasteiger partial charge is 0.482 e. The predicted molar refractivity (Wildman–Crippen MR) is 102 cm³/mol. The summed E-state index contributed by atoms with van der Waals surface area (Å²) in [5, 5.41) is 4.11. The van der Waals surface area contributed by atoms with Gasteiger partial charge in [-0.25, -0.2) is 4.79 Å². The summed E-state index contributed by atoms with van der Waals surface area (Å²) in [6.45, 7) is 1.44. The molecule has 0 spiro atoms. The van der Waals surface area contributed by atoms with Crippen LogP contribution in [0.15, 0.2) is 48.5 Å². The predicted octanol–water partition coefficient (Wildman–Crippen LogP) is 3.41. The highest BCUT2D eigenvalue weighted by atomic mass is 35.5. The molecule has 0 saturated carbocycles. The number of rotatable bonds is 10. The van der Waals surface area contributed by atoms with Crippen LogP contribution in [0.25, 0.3) is 0 Å². The van der Waals surface area contributed by atoms with Crippen molar-refractivity contribution >= 4 is 17.6 Å². The van der Waals surface area contributed by atoms with Crippen LogP contribution < -0.4 is 10.1 Å². The zero-order valence-electron chi connectivity index (χ0n) is 15.0. The molecule has 0 aliphatic carbocycles. The van der Waals surface area contributed by atoms with Gasteiger partial charge < -0.3 is 19.5 Å². The van der Waals surface area contributed by atoms with Gasteiger partial charge in [-0.05, 0) is 48.4 Å². The van der Waals surface area contributed by atoms with Gasteiger partial charge in [-0.3, -0.25) is 0 Å². The average Bonchev–Trinajstić information content (AvgIpc) is 2.67. The van der Waals surface area contributed by atoms with Gasteiger partial charge in [0.05, 0.1) is 13.2 Å². The molecule has 0 aliphatic rings. The topological polar surface area (TPSA) is 56.8 Å². The third-order valence-electron chi connectivity index (χ3n) is 3.93. The molecular weight excluding hydrogens is 354 g/mol. The van der Waals surface area contributed by atoms with Crippen LogP contribution in [-0.4, -0.2) is 39.9 Å². The highest BCUT2D eigenvalue weighted by molar-refractivity contribution is 6.30. The Morgan fingerprint density at radius 3 is 2.58 bits per heavy atom. The third kappa shape index (κ3) is 6.67. The number of hydrogen-bond acceptors (Lipinski definition) is 5. The van der Waals surface area contributed by atoms with Crippen molar-refractivity contribution in [3.05, 3.63) is 64.7 Å². The monoisotopic (exact) mass is 377 g/mol. The van der Waals surface area contributed by atoms with E-state index in [-0.39, 0.29) is 12.7 Å². The van der Waals surface area contributed by atoms with Crippen LogP contribution in [-0.2, 0) is 20.7 Å². The summed E-state index contributed by atoms with van der Waals surface area (Å²) >= 11 is 6.04. The Hall–Kier alpha value is -2.08. The van der Waals surface area contributed by atoms with Crippen LogP contribution in [0.3, 0.4) is 0 Å². The molecule has 1 unspecified atom stereocenters. The Labute approximate surface area is 159 Å². The number of carbonyl (C=O) groups excluding carboxylic acids is 1. The Morgan fingerprint density at radius 1 is 1.15 bits per heavy atom. The molecule has 2 aromatic rings. The van der Waals surface area contributed by atoms with Gasteiger partial charge in [-0.2, -0.15) is 0 Å². The van der Waals surface area contributed by atoms with Crippen molar-refractivity contribution in [1.29, 1.82) is 0 Å². The Kier molecular flexibility index (Phi) is 8.41. The lowest BCUT2D eigenvalue weighted by Gasteiger charge is -2.17. The maximum atomic E-state index is 11.1. The van der Waals surface area contributed by atoms with Crippen molar-refractivity contribution in [2.24, 2.45) is 0 Å². The molecule has 0 aromatic heterocycles. The summed E-state index contributed by atoms with van der Waals surface area (Å²) in [6, 6.07) is 15.4. The molecule has 0 heterocycles. The number of ether oxygens (including phenoxy) is 3. The standard InChI is InChI=1S/C20H24ClNO4/c1-24-19(16-4-3-5-17(21)12-16)13-22-11-10-15-6-8-18(9-7-15)26-14-20(23)25-2/h3-9,12,19,22H,10-11,13-14H2,1-2H3. The summed E-state index contributed by atoms with van der Waals surface area (Å²) in [5.74, 6) is 0.248. The lowest BCUT2D eigenvalue weighted by molar-refractivity contribution is -0.142. The molecule has 6 heteroatoms. The first-order valence-corrected chi connectivity index (χ1v) is 8.77. The van der Waals surface area contributed by atoms with E-state index in [0.717, 1.165) is 18.5 Å². The minimum absolute atomic E-state index is 0.0391. The molecule has 2 rings (SSSR count). The Morgan fingerprint density at radius 2 is 1.92 bits per heavy atom. The fourth-order valence-electron chi connectivity index (χ4n) is 2.46. The quantitative estimate of drug-likeness (QED) is 0.508. The van der Waals surface area contributed by atoms with Crippen LogP contribution in [0, 0.1) is 0 Å². The first-order valence-electron chi connectivity index (χ1n) is 8.40. The fourth-order valence-corrected chi connectivity index (χ4v) is 2.66. The molecule has 0 fully saturated rings. The SMILES string of the molecule is COC(=O)COc1ccc(CCNCC(OC)c2cccc(Cl)c2)cc1. The van der Waals surface area contributed by atoms with Crippen LogP contribution >= 0.6 is 11.6 Å². The molecule has 1 atom stereocenters. The zero-order valence-corrected chi connectivity index (χ0v) is 15.8. The normalized spacial score (nSPS) is 11.8. The number of benzene rings is 2. The van der Waals surface area contributed by atoms with E-state index < -0.39 is 5.97 Å². The van der Waals surface area contributed by atoms with E-state index in [0.29, 0.717) is 17.3 Å². The maximum absolute atomic E-state index is 11.1. The van der Waals surface area contributed by atoms with Crippen molar-refractivity contribution in [1.82, 2.24) is 5.32 Å². The number of hydrogen-bond donors (Lipinski definition) is 1. The van der Waals surface area contributed by atoms with Gasteiger partial charge in [-0.15, -0.1) is 0 Å². The van der Waals surface area contributed by atoms with Crippen molar-refractivity contribution in [3.63, 3.8) is 0 Å². The Bertz CT molecular complexity index is 690. The highest BCUT2D eigenvalue weighted by Gasteiger charge is 2.10. The first kappa shape index (κ1) is 20.2. The summed E-state index contributed by atoms with van der Waals surface area (Å²) in [6.07, 6.45) is 0.839. The Balaban J connectivity index is 1.74. The molecule has 26 heavy (non-hydrogen) atoms. The molecule has 2 aromatic carbocycles. The van der Waals surface area contributed by atoms with Crippen LogP contribution in [0.5, 0.6) is 5.75 Å². The number of methoxy groups -OCH3 is 2. The van der Waals surface area contributed by atoms with Gasteiger partial charge in [0.25, 0.3) is 0 Å². The summed E-state index contributed by atoms with van der Waals surface area (Å²) in [5.41, 5.74) is 2.24. The van der Waals surface area contributed by atoms with E-state index >= 15 is 0 Å². The van der Waals surface area contributed by atoms with E-state index in [9.17, 15) is 4.79 Å². The van der Waals surface area contributed by atoms with Crippen molar-refractivity contribution in [3.8, 4) is 5.75 Å². The molecule has 0 aliphatic heterocycles. The second kappa shape index (κ2) is 10.8. The second-order valence-corrected chi connectivity index (χ2v) is 6.18. The zero-order chi connectivity index (χ0) is 18.8. The van der Waals surface area contributed by atoms with Gasteiger partial charge in [-0.1, -0.05) is 35.9 Å². The fraction of sp³-hybridized carbons (Fsp3) is 0.350. The van der Waals surface area contributed by atoms with Crippen LogP contribution in [0.1, 0.15) is 17.2 Å². The first-order chi connectivity index (χ1) is 12.6. The molecule has 0 saturated heterocycles. The number of halogens is 1. The summed E-state index contributed by atoms with van der Waals surface area (Å²) in [7, 11) is 3.03. The lowest BCUT2D eigenvalue weighted by atomic mass is 10.1. The van der Waals surface area contributed by atoms with E-state index in [4.69, 9.17) is 21.1 Å². The molecule has 5 nitrogen and oxygen atoms in total. The lowest BCUT2D eigenvalue weighted by Crippen LogP contribution is -2.24. The van der Waals surface area contributed by atoms with Crippen molar-refractivity contribution in [2.75, 3.05) is 33.9 Å². The number of nitrogens with one attached hydrogen (secondary N) is 1. The summed E-state index contributed by atoms with van der Waals surface area (Å²) in [4.78, 5) is 11.1. The average molecular weight is 378 g/mol. The van der Waals surface area contributed by atoms with E-state index in [1.165, 1.54) is 12.7 Å². The van der Waals surface area contributed by atoms with E-state index in [2.05, 4.69) is 10.1 Å². The van der Waals surface area contributed by atoms with Crippen LogP contribution in [0.2, 0.25) is 5.02 Å².